The summed E-state index contributed by atoms with van der Waals surface area (Å²) >= 11 is 0. The van der Waals surface area contributed by atoms with Gasteiger partial charge >= 0.3 is 0 Å². The van der Waals surface area contributed by atoms with Gasteiger partial charge in [-0.25, -0.2) is 0 Å². The zero-order valence-electron chi connectivity index (χ0n) is 10.9. The van der Waals surface area contributed by atoms with Crippen molar-refractivity contribution in [3.63, 3.8) is 0 Å². The molecule has 0 saturated carbocycles. The van der Waals surface area contributed by atoms with Gasteiger partial charge in [0.1, 0.15) is 12.4 Å². The molecular formula is C16H18N2O. The van der Waals surface area contributed by atoms with Crippen molar-refractivity contribution in [3.8, 4) is 5.75 Å². The molecule has 0 atom stereocenters. The van der Waals surface area contributed by atoms with E-state index in [0.717, 1.165) is 24.4 Å². The molecule has 1 aliphatic heterocycles. The van der Waals surface area contributed by atoms with Gasteiger partial charge in [0.2, 0.25) is 0 Å². The molecule has 3 heteroatoms. The SMILES string of the molecule is NCCCN1c2ccccc2COc2ccccc21. The lowest BCUT2D eigenvalue weighted by Crippen LogP contribution is -2.21. The summed E-state index contributed by atoms with van der Waals surface area (Å²) in [7, 11) is 0. The van der Waals surface area contributed by atoms with Gasteiger partial charge < -0.3 is 15.4 Å². The van der Waals surface area contributed by atoms with Gasteiger partial charge in [0.25, 0.3) is 0 Å². The lowest BCUT2D eigenvalue weighted by molar-refractivity contribution is 0.310. The Kier molecular flexibility index (Phi) is 3.38. The summed E-state index contributed by atoms with van der Waals surface area (Å²) in [6, 6.07) is 16.6. The number of nitrogens with zero attached hydrogens (tertiary/aromatic N) is 1. The second-order valence-corrected chi connectivity index (χ2v) is 4.68. The number of benzene rings is 2. The molecule has 1 aliphatic rings. The summed E-state index contributed by atoms with van der Waals surface area (Å²) in [6.45, 7) is 2.22. The molecule has 0 fully saturated rings. The van der Waals surface area contributed by atoms with E-state index in [1.807, 2.05) is 18.2 Å². The zero-order chi connectivity index (χ0) is 13.1. The van der Waals surface area contributed by atoms with Crippen LogP contribution in [0.3, 0.4) is 0 Å². The fourth-order valence-electron chi connectivity index (χ4n) is 2.47. The van der Waals surface area contributed by atoms with E-state index in [0.29, 0.717) is 13.2 Å². The molecule has 0 unspecified atom stereocenters. The molecule has 2 aromatic rings. The van der Waals surface area contributed by atoms with Gasteiger partial charge in [0.05, 0.1) is 5.69 Å². The van der Waals surface area contributed by atoms with Crippen molar-refractivity contribution in [2.24, 2.45) is 5.73 Å². The van der Waals surface area contributed by atoms with Crippen molar-refractivity contribution < 1.29 is 4.74 Å². The highest BCUT2D eigenvalue weighted by Crippen LogP contribution is 2.38. The van der Waals surface area contributed by atoms with Gasteiger partial charge in [-0.1, -0.05) is 30.3 Å². The summed E-state index contributed by atoms with van der Waals surface area (Å²) < 4.78 is 5.91. The fraction of sp³-hybridized carbons (Fsp3) is 0.250. The molecule has 0 aliphatic carbocycles. The fourth-order valence-corrected chi connectivity index (χ4v) is 2.47. The second kappa shape index (κ2) is 5.33. The molecular weight excluding hydrogens is 236 g/mol. The van der Waals surface area contributed by atoms with Crippen LogP contribution in [0.4, 0.5) is 11.4 Å². The molecule has 0 spiro atoms. The first kappa shape index (κ1) is 12.1. The molecule has 3 nitrogen and oxygen atoms in total. The van der Waals surface area contributed by atoms with Gasteiger partial charge in [-0.3, -0.25) is 0 Å². The molecule has 0 aromatic heterocycles. The van der Waals surface area contributed by atoms with Gasteiger partial charge in [-0.15, -0.1) is 0 Å². The number of hydrogen-bond acceptors (Lipinski definition) is 3. The van der Waals surface area contributed by atoms with Crippen molar-refractivity contribution in [3.05, 3.63) is 54.1 Å². The topological polar surface area (TPSA) is 38.5 Å². The minimum Gasteiger partial charge on any atom is -0.487 e. The van der Waals surface area contributed by atoms with Crippen LogP contribution in [-0.4, -0.2) is 13.1 Å². The Morgan fingerprint density at radius 2 is 1.74 bits per heavy atom. The van der Waals surface area contributed by atoms with Gasteiger partial charge in [-0.05, 0) is 31.2 Å². The molecule has 0 saturated heterocycles. The second-order valence-electron chi connectivity index (χ2n) is 4.68. The van der Waals surface area contributed by atoms with Crippen LogP contribution in [0.25, 0.3) is 0 Å². The largest absolute Gasteiger partial charge is 0.487 e. The minimum absolute atomic E-state index is 0.617. The average Bonchev–Trinajstić information content (AvgIpc) is 2.62. The minimum atomic E-state index is 0.617. The Balaban J connectivity index is 2.08. The van der Waals surface area contributed by atoms with E-state index in [1.54, 1.807) is 0 Å². The van der Waals surface area contributed by atoms with E-state index >= 15 is 0 Å². The van der Waals surface area contributed by atoms with Gasteiger partial charge in [-0.2, -0.15) is 0 Å². The van der Waals surface area contributed by atoms with Gasteiger partial charge in [0, 0.05) is 17.8 Å². The van der Waals surface area contributed by atoms with E-state index < -0.39 is 0 Å². The predicted molar refractivity (Wildman–Crippen MR) is 77.9 cm³/mol. The first-order chi connectivity index (χ1) is 9.40. The monoisotopic (exact) mass is 254 g/mol. The standard InChI is InChI=1S/C16H18N2O/c17-10-5-11-18-14-7-2-1-6-13(14)12-19-16-9-4-3-8-15(16)18/h1-4,6-9H,5,10-12,17H2. The lowest BCUT2D eigenvalue weighted by atomic mass is 10.1. The van der Waals surface area contributed by atoms with Crippen LogP contribution in [0.5, 0.6) is 5.75 Å². The number of para-hydroxylation sites is 3. The molecule has 2 N–H and O–H groups in total. The molecule has 98 valence electrons. The third-order valence-corrected chi connectivity index (χ3v) is 3.41. The molecule has 0 amide bonds. The van der Waals surface area contributed by atoms with Crippen LogP contribution in [0, 0.1) is 0 Å². The number of anilines is 2. The number of rotatable bonds is 3. The first-order valence-electron chi connectivity index (χ1n) is 6.67. The van der Waals surface area contributed by atoms with Crippen LogP contribution in [0.2, 0.25) is 0 Å². The zero-order valence-corrected chi connectivity index (χ0v) is 10.9. The van der Waals surface area contributed by atoms with Crippen molar-refractivity contribution >= 4 is 11.4 Å². The van der Waals surface area contributed by atoms with Crippen LogP contribution in [-0.2, 0) is 6.61 Å². The van der Waals surface area contributed by atoms with Crippen molar-refractivity contribution in [2.75, 3.05) is 18.0 Å². The van der Waals surface area contributed by atoms with Crippen LogP contribution in [0.15, 0.2) is 48.5 Å². The highest BCUT2D eigenvalue weighted by atomic mass is 16.5. The third kappa shape index (κ3) is 2.29. The quantitative estimate of drug-likeness (QED) is 0.914. The molecule has 1 heterocycles. The predicted octanol–water partition coefficient (Wildman–Crippen LogP) is 3.07. The summed E-state index contributed by atoms with van der Waals surface area (Å²) in [4.78, 5) is 2.31. The average molecular weight is 254 g/mol. The maximum Gasteiger partial charge on any atom is 0.143 e. The van der Waals surface area contributed by atoms with Crippen LogP contribution < -0.4 is 15.4 Å². The van der Waals surface area contributed by atoms with Crippen LogP contribution in [0.1, 0.15) is 12.0 Å². The van der Waals surface area contributed by atoms with E-state index in [9.17, 15) is 0 Å². The smallest absolute Gasteiger partial charge is 0.143 e. The molecule has 0 radical (unpaired) electrons. The molecule has 19 heavy (non-hydrogen) atoms. The normalized spacial score (nSPS) is 13.2. The van der Waals surface area contributed by atoms with Crippen molar-refractivity contribution in [1.29, 1.82) is 0 Å². The van der Waals surface area contributed by atoms with E-state index in [1.165, 1.54) is 11.3 Å². The summed E-state index contributed by atoms with van der Waals surface area (Å²) in [6.07, 6.45) is 0.961. The summed E-state index contributed by atoms with van der Waals surface area (Å²) in [5.74, 6) is 0.940. The maximum atomic E-state index is 5.91. The number of fused-ring (bicyclic) bond motifs is 2. The Hall–Kier alpha value is -2.00. The van der Waals surface area contributed by atoms with E-state index in [4.69, 9.17) is 10.5 Å². The Labute approximate surface area is 113 Å². The number of ether oxygens (including phenoxy) is 1. The Morgan fingerprint density at radius 1 is 1.00 bits per heavy atom. The van der Waals surface area contributed by atoms with E-state index in [-0.39, 0.29) is 0 Å². The number of nitrogens with two attached hydrogens (primary N) is 1. The molecule has 0 bridgehead atoms. The van der Waals surface area contributed by atoms with Crippen LogP contribution >= 0.6 is 0 Å². The number of hydrogen-bond donors (Lipinski definition) is 1. The Morgan fingerprint density at radius 3 is 2.58 bits per heavy atom. The van der Waals surface area contributed by atoms with Crippen molar-refractivity contribution in [1.82, 2.24) is 0 Å². The molecule has 2 aromatic carbocycles. The molecule has 3 rings (SSSR count). The van der Waals surface area contributed by atoms with Gasteiger partial charge in [0.15, 0.2) is 0 Å². The lowest BCUT2D eigenvalue weighted by Gasteiger charge is -2.25. The highest BCUT2D eigenvalue weighted by molar-refractivity contribution is 5.72. The summed E-state index contributed by atoms with van der Waals surface area (Å²) in [5, 5.41) is 0. The first-order valence-corrected chi connectivity index (χ1v) is 6.67. The maximum absolute atomic E-state index is 5.91. The highest BCUT2D eigenvalue weighted by Gasteiger charge is 2.20. The summed E-state index contributed by atoms with van der Waals surface area (Å²) in [5.41, 5.74) is 9.23. The van der Waals surface area contributed by atoms with E-state index in [2.05, 4.69) is 35.2 Å². The Bertz CT molecular complexity index is 521. The third-order valence-electron chi connectivity index (χ3n) is 3.41. The van der Waals surface area contributed by atoms with Crippen molar-refractivity contribution in [2.45, 2.75) is 13.0 Å².